The predicted octanol–water partition coefficient (Wildman–Crippen LogP) is 0.773. The van der Waals surface area contributed by atoms with Crippen molar-refractivity contribution in [3.63, 3.8) is 0 Å². The largest absolute Gasteiger partial charge is 0.396 e. The number of aliphatic hydroxyl groups is 3. The molecule has 0 aliphatic rings. The van der Waals surface area contributed by atoms with E-state index in [2.05, 4.69) is 0 Å². The van der Waals surface area contributed by atoms with Crippen molar-refractivity contribution < 1.29 is 15.3 Å². The highest BCUT2D eigenvalue weighted by atomic mass is 16.3. The van der Waals surface area contributed by atoms with Crippen LogP contribution in [-0.2, 0) is 0 Å². The van der Waals surface area contributed by atoms with Crippen LogP contribution in [0.4, 0.5) is 0 Å². The quantitative estimate of drug-likeness (QED) is 0.580. The van der Waals surface area contributed by atoms with E-state index in [9.17, 15) is 10.2 Å². The predicted molar refractivity (Wildman–Crippen MR) is 52.3 cm³/mol. The van der Waals surface area contributed by atoms with Crippen molar-refractivity contribution in [2.24, 2.45) is 11.8 Å². The van der Waals surface area contributed by atoms with Gasteiger partial charge in [0.2, 0.25) is 0 Å². The summed E-state index contributed by atoms with van der Waals surface area (Å²) in [5, 5.41) is 27.5. The van der Waals surface area contributed by atoms with Crippen LogP contribution in [0, 0.1) is 11.8 Å². The Morgan fingerprint density at radius 3 is 1.92 bits per heavy atom. The molecule has 80 valence electrons. The SMILES string of the molecule is CC(CO)CC(O)CC(C)C(C)O. The van der Waals surface area contributed by atoms with Gasteiger partial charge in [-0.1, -0.05) is 13.8 Å². The Morgan fingerprint density at radius 2 is 1.54 bits per heavy atom. The Morgan fingerprint density at radius 1 is 1.00 bits per heavy atom. The summed E-state index contributed by atoms with van der Waals surface area (Å²) >= 11 is 0. The second-order valence-corrected chi connectivity index (χ2v) is 4.13. The first-order valence-corrected chi connectivity index (χ1v) is 4.94. The molecule has 0 aliphatic carbocycles. The lowest BCUT2D eigenvalue weighted by atomic mass is 9.93. The van der Waals surface area contributed by atoms with E-state index in [-0.39, 0.29) is 24.5 Å². The molecular weight excluding hydrogens is 168 g/mol. The van der Waals surface area contributed by atoms with Crippen molar-refractivity contribution in [3.05, 3.63) is 0 Å². The van der Waals surface area contributed by atoms with Crippen molar-refractivity contribution in [3.8, 4) is 0 Å². The lowest BCUT2D eigenvalue weighted by Crippen LogP contribution is -2.22. The standard InChI is InChI=1S/C10H22O3/c1-7(6-11)4-10(13)5-8(2)9(3)12/h7-13H,4-6H2,1-3H3. The van der Waals surface area contributed by atoms with Gasteiger partial charge < -0.3 is 15.3 Å². The fourth-order valence-electron chi connectivity index (χ4n) is 1.26. The third-order valence-electron chi connectivity index (χ3n) is 2.45. The van der Waals surface area contributed by atoms with E-state index in [1.807, 2.05) is 13.8 Å². The van der Waals surface area contributed by atoms with Crippen LogP contribution in [0.15, 0.2) is 0 Å². The highest BCUT2D eigenvalue weighted by Crippen LogP contribution is 2.15. The summed E-state index contributed by atoms with van der Waals surface area (Å²) in [7, 11) is 0. The molecule has 0 bridgehead atoms. The summed E-state index contributed by atoms with van der Waals surface area (Å²) in [6, 6.07) is 0. The zero-order valence-electron chi connectivity index (χ0n) is 8.77. The molecule has 0 amide bonds. The Bertz CT molecular complexity index is 125. The van der Waals surface area contributed by atoms with Gasteiger partial charge in [0.05, 0.1) is 12.2 Å². The second-order valence-electron chi connectivity index (χ2n) is 4.13. The van der Waals surface area contributed by atoms with Crippen molar-refractivity contribution >= 4 is 0 Å². The molecule has 0 spiro atoms. The molecule has 13 heavy (non-hydrogen) atoms. The van der Waals surface area contributed by atoms with Crippen LogP contribution in [0.5, 0.6) is 0 Å². The van der Waals surface area contributed by atoms with Crippen LogP contribution < -0.4 is 0 Å². The summed E-state index contributed by atoms with van der Waals surface area (Å²) in [4.78, 5) is 0. The minimum Gasteiger partial charge on any atom is -0.396 e. The lowest BCUT2D eigenvalue weighted by molar-refractivity contribution is 0.0621. The molecule has 0 aliphatic heterocycles. The fourth-order valence-corrected chi connectivity index (χ4v) is 1.26. The van der Waals surface area contributed by atoms with Crippen LogP contribution in [0.2, 0.25) is 0 Å². The summed E-state index contributed by atoms with van der Waals surface area (Å²) < 4.78 is 0. The van der Waals surface area contributed by atoms with Crippen LogP contribution in [-0.4, -0.2) is 34.1 Å². The van der Waals surface area contributed by atoms with E-state index >= 15 is 0 Å². The molecule has 0 saturated heterocycles. The van der Waals surface area contributed by atoms with Crippen LogP contribution in [0.3, 0.4) is 0 Å². The first kappa shape index (κ1) is 12.9. The lowest BCUT2D eigenvalue weighted by Gasteiger charge is -2.20. The summed E-state index contributed by atoms with van der Waals surface area (Å²) in [5.74, 6) is 0.247. The van der Waals surface area contributed by atoms with Gasteiger partial charge in [-0.3, -0.25) is 0 Å². The van der Waals surface area contributed by atoms with Gasteiger partial charge in [-0.25, -0.2) is 0 Å². The third-order valence-corrected chi connectivity index (χ3v) is 2.45. The smallest absolute Gasteiger partial charge is 0.0547 e. The zero-order valence-corrected chi connectivity index (χ0v) is 8.77. The Kier molecular flexibility index (Phi) is 6.29. The second kappa shape index (κ2) is 6.35. The molecule has 0 rings (SSSR count). The third kappa shape index (κ3) is 6.02. The van der Waals surface area contributed by atoms with Crippen LogP contribution in [0.25, 0.3) is 0 Å². The average Bonchev–Trinajstić information content (AvgIpc) is 2.03. The first-order valence-electron chi connectivity index (χ1n) is 4.94. The Balaban J connectivity index is 3.67. The van der Waals surface area contributed by atoms with E-state index < -0.39 is 6.10 Å². The van der Waals surface area contributed by atoms with Crippen molar-refractivity contribution in [2.75, 3.05) is 6.61 Å². The maximum absolute atomic E-state index is 9.55. The van der Waals surface area contributed by atoms with E-state index in [0.29, 0.717) is 12.8 Å². The van der Waals surface area contributed by atoms with Gasteiger partial charge in [-0.2, -0.15) is 0 Å². The monoisotopic (exact) mass is 190 g/mol. The van der Waals surface area contributed by atoms with Crippen molar-refractivity contribution in [1.29, 1.82) is 0 Å². The van der Waals surface area contributed by atoms with E-state index in [4.69, 9.17) is 5.11 Å². The summed E-state index contributed by atoms with van der Waals surface area (Å²) in [6.45, 7) is 5.65. The normalized spacial score (nSPS) is 20.8. The molecule has 3 N–H and O–H groups in total. The van der Waals surface area contributed by atoms with Gasteiger partial charge in [0, 0.05) is 6.61 Å². The summed E-state index contributed by atoms with van der Waals surface area (Å²) in [5.41, 5.74) is 0. The van der Waals surface area contributed by atoms with Gasteiger partial charge in [0.25, 0.3) is 0 Å². The maximum atomic E-state index is 9.55. The zero-order chi connectivity index (χ0) is 10.4. The van der Waals surface area contributed by atoms with Gasteiger partial charge in [-0.15, -0.1) is 0 Å². The molecule has 0 aromatic rings. The topological polar surface area (TPSA) is 60.7 Å². The van der Waals surface area contributed by atoms with Gasteiger partial charge >= 0.3 is 0 Å². The van der Waals surface area contributed by atoms with Gasteiger partial charge in [0.15, 0.2) is 0 Å². The molecule has 0 saturated carbocycles. The van der Waals surface area contributed by atoms with Crippen LogP contribution >= 0.6 is 0 Å². The highest BCUT2D eigenvalue weighted by molar-refractivity contribution is 4.67. The molecular formula is C10H22O3. The van der Waals surface area contributed by atoms with Gasteiger partial charge in [-0.05, 0) is 31.6 Å². The van der Waals surface area contributed by atoms with Crippen LogP contribution in [0.1, 0.15) is 33.6 Å². The molecule has 3 nitrogen and oxygen atoms in total. The molecule has 0 fully saturated rings. The Labute approximate surface area is 80.4 Å². The number of aliphatic hydroxyl groups excluding tert-OH is 3. The highest BCUT2D eigenvalue weighted by Gasteiger charge is 2.16. The van der Waals surface area contributed by atoms with Crippen molar-refractivity contribution in [2.45, 2.75) is 45.8 Å². The average molecular weight is 190 g/mol. The Hall–Kier alpha value is -0.120. The molecule has 0 radical (unpaired) electrons. The van der Waals surface area contributed by atoms with E-state index in [0.717, 1.165) is 0 Å². The van der Waals surface area contributed by atoms with E-state index in [1.165, 1.54) is 0 Å². The van der Waals surface area contributed by atoms with Crippen molar-refractivity contribution in [1.82, 2.24) is 0 Å². The summed E-state index contributed by atoms with van der Waals surface area (Å²) in [6.07, 6.45) is 0.418. The van der Waals surface area contributed by atoms with E-state index in [1.54, 1.807) is 6.92 Å². The molecule has 3 heteroatoms. The van der Waals surface area contributed by atoms with Gasteiger partial charge in [0.1, 0.15) is 0 Å². The molecule has 0 heterocycles. The molecule has 4 unspecified atom stereocenters. The minimum atomic E-state index is -0.410. The number of rotatable bonds is 6. The molecule has 0 aromatic heterocycles. The molecule has 0 aromatic carbocycles. The molecule has 4 atom stereocenters. The first-order chi connectivity index (χ1) is 5.97. The minimum absolute atomic E-state index is 0.111. The number of hydrogen-bond donors (Lipinski definition) is 3. The maximum Gasteiger partial charge on any atom is 0.0547 e. The number of hydrogen-bond acceptors (Lipinski definition) is 3. The fraction of sp³-hybridized carbons (Fsp3) is 1.00.